The molecule has 0 spiro atoms. The van der Waals surface area contributed by atoms with Crippen molar-refractivity contribution in [2.75, 3.05) is 26.4 Å². The monoisotopic (exact) mass is 384 g/mol. The van der Waals surface area contributed by atoms with Gasteiger partial charge in [-0.3, -0.25) is 0 Å². The third-order valence-corrected chi connectivity index (χ3v) is 7.03. The Kier molecular flexibility index (Phi) is 10.2. The summed E-state index contributed by atoms with van der Waals surface area (Å²) < 4.78 is 23.4. The van der Waals surface area contributed by atoms with E-state index in [-0.39, 0.29) is 0 Å². The van der Waals surface area contributed by atoms with Crippen molar-refractivity contribution in [1.82, 2.24) is 0 Å². The van der Waals surface area contributed by atoms with E-state index in [1.54, 1.807) is 0 Å². The zero-order valence-electron chi connectivity index (χ0n) is 16.3. The molecule has 0 aliphatic heterocycles. The summed E-state index contributed by atoms with van der Waals surface area (Å²) in [6, 6.07) is 9.87. The molecule has 2 atom stereocenters. The molecular weight excluding hydrogens is 352 g/mol. The molecule has 0 aliphatic rings. The van der Waals surface area contributed by atoms with E-state index < -0.39 is 20.5 Å². The maximum atomic E-state index is 11.3. The standard InChI is InChI=1S/C19H32O6Si/c1-5-23-26(24-6-2,25-7-3)15-11-14-22-18(19(4,21)16-20)17-12-9-8-10-13-17/h8-10,12-13,16,18,21H,5-7,11,14-15H2,1-4H3. The Morgan fingerprint density at radius 3 is 2.08 bits per heavy atom. The van der Waals surface area contributed by atoms with Crippen LogP contribution in [0, 0.1) is 0 Å². The summed E-state index contributed by atoms with van der Waals surface area (Å²) in [5.74, 6) is 0. The second-order valence-electron chi connectivity index (χ2n) is 6.09. The van der Waals surface area contributed by atoms with Crippen molar-refractivity contribution in [2.24, 2.45) is 0 Å². The lowest BCUT2D eigenvalue weighted by Crippen LogP contribution is -2.46. The highest BCUT2D eigenvalue weighted by atomic mass is 28.4. The Bertz CT molecular complexity index is 491. The highest BCUT2D eigenvalue weighted by Crippen LogP contribution is 2.29. The Labute approximate surface area is 157 Å². The Morgan fingerprint density at radius 2 is 1.62 bits per heavy atom. The first-order valence-corrected chi connectivity index (χ1v) is 11.1. The van der Waals surface area contributed by atoms with Crippen LogP contribution in [0.3, 0.4) is 0 Å². The molecule has 6 nitrogen and oxygen atoms in total. The number of rotatable bonds is 14. The van der Waals surface area contributed by atoms with Crippen molar-refractivity contribution in [2.45, 2.75) is 51.9 Å². The Balaban J connectivity index is 2.72. The summed E-state index contributed by atoms with van der Waals surface area (Å²) >= 11 is 0. The summed E-state index contributed by atoms with van der Waals surface area (Å²) in [7, 11) is -2.71. The van der Waals surface area contributed by atoms with Crippen LogP contribution in [0.25, 0.3) is 0 Å². The topological polar surface area (TPSA) is 74.2 Å². The molecule has 0 fully saturated rings. The SMILES string of the molecule is CCO[Si](CCCOC(c1ccccc1)C(C)(O)C=O)(OCC)OCC. The molecule has 0 bridgehead atoms. The largest absolute Gasteiger partial charge is 0.501 e. The molecule has 0 aromatic heterocycles. The van der Waals surface area contributed by atoms with Gasteiger partial charge >= 0.3 is 8.80 Å². The third kappa shape index (κ3) is 6.90. The van der Waals surface area contributed by atoms with Gasteiger partial charge in [0.1, 0.15) is 11.7 Å². The second-order valence-corrected chi connectivity index (χ2v) is 8.82. The predicted molar refractivity (Wildman–Crippen MR) is 102 cm³/mol. The summed E-state index contributed by atoms with van der Waals surface area (Å²) in [4.78, 5) is 11.3. The van der Waals surface area contributed by atoms with Crippen LogP contribution in [0.4, 0.5) is 0 Å². The molecule has 1 aromatic carbocycles. The molecule has 2 unspecified atom stereocenters. The molecule has 0 aliphatic carbocycles. The van der Waals surface area contributed by atoms with Crippen LogP contribution in [0.5, 0.6) is 0 Å². The van der Waals surface area contributed by atoms with E-state index in [4.69, 9.17) is 18.0 Å². The van der Waals surface area contributed by atoms with Gasteiger partial charge in [0.05, 0.1) is 0 Å². The van der Waals surface area contributed by atoms with Crippen LogP contribution in [0.2, 0.25) is 6.04 Å². The number of benzene rings is 1. The average Bonchev–Trinajstić information content (AvgIpc) is 2.63. The minimum absolute atomic E-state index is 0.353. The fourth-order valence-electron chi connectivity index (χ4n) is 2.78. The fraction of sp³-hybridized carbons (Fsp3) is 0.632. The van der Waals surface area contributed by atoms with Gasteiger partial charge in [0.15, 0.2) is 6.29 Å². The second kappa shape index (κ2) is 11.6. The van der Waals surface area contributed by atoms with Gasteiger partial charge < -0.3 is 27.9 Å². The van der Waals surface area contributed by atoms with Crippen molar-refractivity contribution in [1.29, 1.82) is 0 Å². The molecule has 1 aromatic rings. The van der Waals surface area contributed by atoms with Gasteiger partial charge in [-0.05, 0) is 39.7 Å². The maximum Gasteiger partial charge on any atom is 0.501 e. The van der Waals surface area contributed by atoms with Crippen LogP contribution < -0.4 is 0 Å². The van der Waals surface area contributed by atoms with Crippen LogP contribution in [-0.4, -0.2) is 52.2 Å². The number of carbonyl (C=O) groups is 1. The molecule has 148 valence electrons. The van der Waals surface area contributed by atoms with E-state index in [2.05, 4.69) is 0 Å². The van der Waals surface area contributed by atoms with E-state index in [0.717, 1.165) is 5.56 Å². The lowest BCUT2D eigenvalue weighted by atomic mass is 9.94. The summed E-state index contributed by atoms with van der Waals surface area (Å²) in [6.45, 7) is 9.15. The highest BCUT2D eigenvalue weighted by Gasteiger charge is 2.40. The summed E-state index contributed by atoms with van der Waals surface area (Å²) in [6.07, 6.45) is 0.429. The van der Waals surface area contributed by atoms with Crippen LogP contribution in [0.15, 0.2) is 30.3 Å². The molecule has 0 saturated heterocycles. The van der Waals surface area contributed by atoms with Crippen molar-refractivity contribution < 1.29 is 27.9 Å². The van der Waals surface area contributed by atoms with E-state index >= 15 is 0 Å². The van der Waals surface area contributed by atoms with Crippen LogP contribution in [0.1, 0.15) is 45.8 Å². The van der Waals surface area contributed by atoms with Gasteiger partial charge in [0.25, 0.3) is 0 Å². The van der Waals surface area contributed by atoms with E-state index in [9.17, 15) is 9.90 Å². The first-order chi connectivity index (χ1) is 12.4. The van der Waals surface area contributed by atoms with Crippen molar-refractivity contribution >= 4 is 15.1 Å². The minimum Gasteiger partial charge on any atom is -0.380 e. The zero-order valence-corrected chi connectivity index (χ0v) is 17.3. The Hall–Kier alpha value is -1.09. The highest BCUT2D eigenvalue weighted by molar-refractivity contribution is 6.60. The molecule has 7 heteroatoms. The van der Waals surface area contributed by atoms with Gasteiger partial charge in [0.2, 0.25) is 0 Å². The quantitative estimate of drug-likeness (QED) is 0.302. The van der Waals surface area contributed by atoms with Gasteiger partial charge in [0, 0.05) is 32.5 Å². The van der Waals surface area contributed by atoms with E-state index in [1.807, 2.05) is 51.1 Å². The minimum atomic E-state index is -2.71. The van der Waals surface area contributed by atoms with Gasteiger partial charge in [-0.25, -0.2) is 0 Å². The number of hydrogen-bond acceptors (Lipinski definition) is 6. The lowest BCUT2D eigenvalue weighted by Gasteiger charge is -2.30. The lowest BCUT2D eigenvalue weighted by molar-refractivity contribution is -0.141. The summed E-state index contributed by atoms with van der Waals surface area (Å²) in [5.41, 5.74) is -0.845. The van der Waals surface area contributed by atoms with Crippen molar-refractivity contribution in [3.05, 3.63) is 35.9 Å². The maximum absolute atomic E-state index is 11.3. The van der Waals surface area contributed by atoms with Gasteiger partial charge in [-0.1, -0.05) is 30.3 Å². The van der Waals surface area contributed by atoms with Crippen molar-refractivity contribution in [3.8, 4) is 0 Å². The Morgan fingerprint density at radius 1 is 1.08 bits per heavy atom. The normalized spacial score (nSPS) is 15.4. The number of aliphatic hydroxyl groups is 1. The first-order valence-electron chi connectivity index (χ1n) is 9.21. The molecule has 0 saturated carbocycles. The van der Waals surface area contributed by atoms with Gasteiger partial charge in [-0.15, -0.1) is 0 Å². The molecule has 0 radical (unpaired) electrons. The number of aldehydes is 1. The molecule has 26 heavy (non-hydrogen) atoms. The number of ether oxygens (including phenoxy) is 1. The zero-order chi connectivity index (χ0) is 19.5. The number of hydrogen-bond donors (Lipinski definition) is 1. The van der Waals surface area contributed by atoms with Crippen molar-refractivity contribution in [3.63, 3.8) is 0 Å². The number of carbonyl (C=O) groups excluding carboxylic acids is 1. The average molecular weight is 385 g/mol. The summed E-state index contributed by atoms with van der Waals surface area (Å²) in [5, 5.41) is 10.4. The first kappa shape index (κ1) is 22.9. The molecule has 0 amide bonds. The smallest absolute Gasteiger partial charge is 0.380 e. The van der Waals surface area contributed by atoms with Gasteiger partial charge in [-0.2, -0.15) is 0 Å². The van der Waals surface area contributed by atoms with E-state index in [0.29, 0.717) is 45.2 Å². The predicted octanol–water partition coefficient (Wildman–Crippen LogP) is 3.13. The molecular formula is C19H32O6Si. The molecule has 1 rings (SSSR count). The van der Waals surface area contributed by atoms with Crippen LogP contribution >= 0.6 is 0 Å². The van der Waals surface area contributed by atoms with E-state index in [1.165, 1.54) is 6.92 Å². The fourth-order valence-corrected chi connectivity index (χ4v) is 5.36. The van der Waals surface area contributed by atoms with Crippen LogP contribution in [-0.2, 0) is 22.8 Å². The molecule has 1 N–H and O–H groups in total. The third-order valence-electron chi connectivity index (χ3n) is 3.88. The molecule has 0 heterocycles.